The van der Waals surface area contributed by atoms with E-state index in [1.807, 2.05) is 24.3 Å². The number of carbonyl (C=O) groups is 1. The molecular formula is C18H22N4O3. The lowest BCUT2D eigenvalue weighted by molar-refractivity contribution is 0.0486. The van der Waals surface area contributed by atoms with Gasteiger partial charge in [0.2, 0.25) is 0 Å². The zero-order valence-electron chi connectivity index (χ0n) is 14.2. The van der Waals surface area contributed by atoms with Crippen LogP contribution in [0.1, 0.15) is 28.9 Å². The summed E-state index contributed by atoms with van der Waals surface area (Å²) < 4.78 is 10.8. The van der Waals surface area contributed by atoms with E-state index in [0.29, 0.717) is 19.8 Å². The fourth-order valence-electron chi connectivity index (χ4n) is 3.13. The van der Waals surface area contributed by atoms with Gasteiger partial charge in [0.1, 0.15) is 5.75 Å². The number of benzene rings is 1. The average molecular weight is 342 g/mol. The molecule has 0 aliphatic carbocycles. The van der Waals surface area contributed by atoms with E-state index in [1.165, 1.54) is 12.4 Å². The molecule has 7 heteroatoms. The first-order valence-electron chi connectivity index (χ1n) is 8.22. The van der Waals surface area contributed by atoms with Crippen LogP contribution >= 0.6 is 0 Å². The zero-order valence-corrected chi connectivity index (χ0v) is 14.2. The fourth-order valence-corrected chi connectivity index (χ4v) is 3.13. The van der Waals surface area contributed by atoms with Crippen LogP contribution in [0, 0.1) is 0 Å². The van der Waals surface area contributed by atoms with Gasteiger partial charge >= 0.3 is 0 Å². The van der Waals surface area contributed by atoms with E-state index in [9.17, 15) is 4.79 Å². The summed E-state index contributed by atoms with van der Waals surface area (Å²) in [6.07, 6.45) is 4.58. The standard InChI is InChI=1S/C18H22N4O3/c1-24-14-4-2-13(3-5-14)18(6-10-25-11-7-18)12-22-17(23)15-16(19)21-9-8-20-15/h2-5,8-9H,6-7,10-12H2,1H3,(H2,19,21)(H,22,23). The molecule has 0 bridgehead atoms. The molecule has 0 unspecified atom stereocenters. The summed E-state index contributed by atoms with van der Waals surface area (Å²) >= 11 is 0. The molecule has 1 saturated heterocycles. The Hall–Kier alpha value is -2.67. The largest absolute Gasteiger partial charge is 0.497 e. The number of ether oxygens (including phenoxy) is 2. The lowest BCUT2D eigenvalue weighted by Crippen LogP contribution is -2.44. The molecule has 1 amide bonds. The molecule has 3 N–H and O–H groups in total. The number of rotatable bonds is 5. The predicted molar refractivity (Wildman–Crippen MR) is 93.5 cm³/mol. The number of aromatic nitrogens is 2. The number of carbonyl (C=O) groups excluding carboxylic acids is 1. The number of hydrogen-bond donors (Lipinski definition) is 2. The molecule has 0 radical (unpaired) electrons. The van der Waals surface area contributed by atoms with Gasteiger partial charge in [-0.25, -0.2) is 9.97 Å². The molecule has 1 fully saturated rings. The van der Waals surface area contributed by atoms with Gasteiger partial charge in [-0.15, -0.1) is 0 Å². The first-order valence-corrected chi connectivity index (χ1v) is 8.22. The monoisotopic (exact) mass is 342 g/mol. The van der Waals surface area contributed by atoms with Crippen LogP contribution in [0.25, 0.3) is 0 Å². The molecule has 1 aromatic heterocycles. The molecule has 1 aliphatic rings. The Morgan fingerprint density at radius 3 is 2.56 bits per heavy atom. The number of nitrogens with zero attached hydrogens (tertiary/aromatic N) is 2. The Balaban J connectivity index is 1.79. The van der Waals surface area contributed by atoms with Crippen molar-refractivity contribution in [1.29, 1.82) is 0 Å². The smallest absolute Gasteiger partial charge is 0.273 e. The quantitative estimate of drug-likeness (QED) is 0.855. The number of nitrogen functional groups attached to an aromatic ring is 1. The van der Waals surface area contributed by atoms with Gasteiger partial charge < -0.3 is 20.5 Å². The zero-order chi connectivity index (χ0) is 17.7. The SMILES string of the molecule is COc1ccc(C2(CNC(=O)c3nccnc3N)CCOCC2)cc1. The van der Waals surface area contributed by atoms with Crippen LogP contribution in [0.3, 0.4) is 0 Å². The molecular weight excluding hydrogens is 320 g/mol. The third-order valence-electron chi connectivity index (χ3n) is 4.68. The van der Waals surface area contributed by atoms with E-state index in [0.717, 1.165) is 24.2 Å². The first kappa shape index (κ1) is 17.2. The summed E-state index contributed by atoms with van der Waals surface area (Å²) in [6, 6.07) is 7.98. The molecule has 0 saturated carbocycles. The number of methoxy groups -OCH3 is 1. The number of nitrogens with one attached hydrogen (secondary N) is 1. The second-order valence-electron chi connectivity index (χ2n) is 6.09. The maximum Gasteiger partial charge on any atom is 0.273 e. The summed E-state index contributed by atoms with van der Waals surface area (Å²) in [5.41, 5.74) is 6.86. The maximum absolute atomic E-state index is 12.4. The highest BCUT2D eigenvalue weighted by Crippen LogP contribution is 2.35. The normalized spacial score (nSPS) is 16.2. The summed E-state index contributed by atoms with van der Waals surface area (Å²) in [5, 5.41) is 2.97. The van der Waals surface area contributed by atoms with Gasteiger partial charge in [0.25, 0.3) is 5.91 Å². The summed E-state index contributed by atoms with van der Waals surface area (Å²) in [7, 11) is 1.64. The Morgan fingerprint density at radius 2 is 1.92 bits per heavy atom. The molecule has 3 rings (SSSR count). The minimum atomic E-state index is -0.315. The summed E-state index contributed by atoms with van der Waals surface area (Å²) in [6.45, 7) is 1.81. The Kier molecular flexibility index (Phi) is 5.14. The predicted octanol–water partition coefficient (Wildman–Crippen LogP) is 1.55. The molecule has 1 aromatic carbocycles. The Labute approximate surface area is 146 Å². The molecule has 0 atom stereocenters. The van der Waals surface area contributed by atoms with Crippen LogP contribution in [-0.4, -0.2) is 42.7 Å². The van der Waals surface area contributed by atoms with E-state index >= 15 is 0 Å². The van der Waals surface area contributed by atoms with Gasteiger partial charge in [0.05, 0.1) is 7.11 Å². The number of amides is 1. The van der Waals surface area contributed by atoms with Crippen molar-refractivity contribution in [3.05, 3.63) is 47.9 Å². The number of nitrogens with two attached hydrogens (primary N) is 1. The minimum absolute atomic E-state index is 0.130. The van der Waals surface area contributed by atoms with Gasteiger partial charge in [-0.1, -0.05) is 12.1 Å². The van der Waals surface area contributed by atoms with Crippen molar-refractivity contribution < 1.29 is 14.3 Å². The molecule has 7 nitrogen and oxygen atoms in total. The van der Waals surface area contributed by atoms with Crippen LogP contribution in [0.2, 0.25) is 0 Å². The number of hydrogen-bond acceptors (Lipinski definition) is 6. The van der Waals surface area contributed by atoms with Crippen molar-refractivity contribution in [2.24, 2.45) is 0 Å². The topological polar surface area (TPSA) is 99.4 Å². The highest BCUT2D eigenvalue weighted by atomic mass is 16.5. The second kappa shape index (κ2) is 7.48. The van der Waals surface area contributed by atoms with Gasteiger partial charge in [-0.2, -0.15) is 0 Å². The molecule has 132 valence electrons. The van der Waals surface area contributed by atoms with Crippen LogP contribution in [0.5, 0.6) is 5.75 Å². The van der Waals surface area contributed by atoms with E-state index in [1.54, 1.807) is 7.11 Å². The third-order valence-corrected chi connectivity index (χ3v) is 4.68. The van der Waals surface area contributed by atoms with Crippen LogP contribution in [-0.2, 0) is 10.2 Å². The first-order chi connectivity index (χ1) is 12.1. The van der Waals surface area contributed by atoms with E-state index in [-0.39, 0.29) is 22.8 Å². The summed E-state index contributed by atoms with van der Waals surface area (Å²) in [5.74, 6) is 0.623. The fraction of sp³-hybridized carbons (Fsp3) is 0.389. The van der Waals surface area contributed by atoms with Crippen LogP contribution in [0.4, 0.5) is 5.82 Å². The lowest BCUT2D eigenvalue weighted by atomic mass is 9.74. The van der Waals surface area contributed by atoms with Gasteiger partial charge in [-0.05, 0) is 30.5 Å². The highest BCUT2D eigenvalue weighted by Gasteiger charge is 2.35. The van der Waals surface area contributed by atoms with Crippen molar-refractivity contribution in [3.63, 3.8) is 0 Å². The van der Waals surface area contributed by atoms with E-state index < -0.39 is 0 Å². The molecule has 2 heterocycles. The molecule has 25 heavy (non-hydrogen) atoms. The number of anilines is 1. The third kappa shape index (κ3) is 3.71. The minimum Gasteiger partial charge on any atom is -0.497 e. The molecule has 0 spiro atoms. The van der Waals surface area contributed by atoms with Gasteiger partial charge in [0.15, 0.2) is 11.5 Å². The van der Waals surface area contributed by atoms with Crippen molar-refractivity contribution in [2.75, 3.05) is 32.6 Å². The van der Waals surface area contributed by atoms with Crippen molar-refractivity contribution in [1.82, 2.24) is 15.3 Å². The van der Waals surface area contributed by atoms with Crippen LogP contribution in [0.15, 0.2) is 36.7 Å². The van der Waals surface area contributed by atoms with Crippen molar-refractivity contribution >= 4 is 11.7 Å². The lowest BCUT2D eigenvalue weighted by Gasteiger charge is -2.38. The Morgan fingerprint density at radius 1 is 1.24 bits per heavy atom. The Bertz CT molecular complexity index is 727. The summed E-state index contributed by atoms with van der Waals surface area (Å²) in [4.78, 5) is 20.4. The van der Waals surface area contributed by atoms with E-state index in [4.69, 9.17) is 15.2 Å². The van der Waals surface area contributed by atoms with Crippen molar-refractivity contribution in [3.8, 4) is 5.75 Å². The highest BCUT2D eigenvalue weighted by molar-refractivity contribution is 5.96. The van der Waals surface area contributed by atoms with E-state index in [2.05, 4.69) is 15.3 Å². The van der Waals surface area contributed by atoms with Gasteiger partial charge in [-0.3, -0.25) is 4.79 Å². The molecule has 1 aliphatic heterocycles. The van der Waals surface area contributed by atoms with Crippen molar-refractivity contribution in [2.45, 2.75) is 18.3 Å². The maximum atomic E-state index is 12.4. The second-order valence-corrected chi connectivity index (χ2v) is 6.09. The average Bonchev–Trinajstić information content (AvgIpc) is 2.67. The molecule has 2 aromatic rings. The van der Waals surface area contributed by atoms with Crippen LogP contribution < -0.4 is 15.8 Å². The van der Waals surface area contributed by atoms with Gasteiger partial charge in [0, 0.05) is 37.6 Å².